The molecule has 0 spiro atoms. The molecule has 132 valence electrons. The lowest BCUT2D eigenvalue weighted by Gasteiger charge is -2.16. The molecule has 2 N–H and O–H groups in total. The van der Waals surface area contributed by atoms with Crippen LogP contribution in [0.5, 0.6) is 11.5 Å². The molecule has 0 aliphatic carbocycles. The van der Waals surface area contributed by atoms with E-state index in [1.165, 1.54) is 11.1 Å². The number of nitrogens with zero attached hydrogens (tertiary/aromatic N) is 1. The summed E-state index contributed by atoms with van der Waals surface area (Å²) in [6.07, 6.45) is 0.894. The molecule has 0 amide bonds. The van der Waals surface area contributed by atoms with E-state index in [9.17, 15) is 0 Å². The van der Waals surface area contributed by atoms with Crippen molar-refractivity contribution in [3.63, 3.8) is 0 Å². The van der Waals surface area contributed by atoms with Gasteiger partial charge in [0.2, 0.25) is 6.79 Å². The Morgan fingerprint density at radius 3 is 2.68 bits per heavy atom. The smallest absolute Gasteiger partial charge is 0.231 e. The fourth-order valence-corrected chi connectivity index (χ4v) is 2.79. The molecule has 1 aliphatic rings. The Morgan fingerprint density at radius 1 is 1.08 bits per heavy atom. The van der Waals surface area contributed by atoms with E-state index in [1.54, 1.807) is 7.05 Å². The summed E-state index contributed by atoms with van der Waals surface area (Å²) in [5.74, 6) is 2.90. The molecule has 5 heteroatoms. The molecule has 1 heterocycles. The predicted molar refractivity (Wildman–Crippen MR) is 100 cm³/mol. The minimum atomic E-state index is 0.313. The molecule has 5 nitrogen and oxygen atoms in total. The third-order valence-corrected chi connectivity index (χ3v) is 4.31. The summed E-state index contributed by atoms with van der Waals surface area (Å²) in [7, 11) is 1.79. The molecule has 0 fully saturated rings. The highest BCUT2D eigenvalue weighted by Gasteiger charge is 2.13. The van der Waals surface area contributed by atoms with E-state index in [2.05, 4.69) is 52.9 Å². The van der Waals surface area contributed by atoms with E-state index in [0.717, 1.165) is 37.0 Å². The van der Waals surface area contributed by atoms with E-state index in [1.807, 2.05) is 18.2 Å². The van der Waals surface area contributed by atoms with Crippen LogP contribution in [0.4, 0.5) is 0 Å². The normalized spacial score (nSPS) is 14.2. The van der Waals surface area contributed by atoms with Crippen LogP contribution in [0.25, 0.3) is 0 Å². The van der Waals surface area contributed by atoms with Crippen molar-refractivity contribution < 1.29 is 9.47 Å². The average Bonchev–Trinajstić information content (AvgIpc) is 3.12. The molecular weight excluding hydrogens is 314 g/mol. The van der Waals surface area contributed by atoms with Crippen molar-refractivity contribution in [3.05, 3.63) is 59.7 Å². The summed E-state index contributed by atoms with van der Waals surface area (Å²) in [6, 6.07) is 16.6. The van der Waals surface area contributed by atoms with Crippen LogP contribution in [-0.4, -0.2) is 32.9 Å². The highest BCUT2D eigenvalue weighted by molar-refractivity contribution is 5.79. The number of ether oxygens (including phenoxy) is 2. The monoisotopic (exact) mass is 339 g/mol. The Bertz CT molecular complexity index is 716. The van der Waals surface area contributed by atoms with Crippen LogP contribution in [0.2, 0.25) is 0 Å². The number of benzene rings is 2. The van der Waals surface area contributed by atoms with Crippen LogP contribution >= 0.6 is 0 Å². The van der Waals surface area contributed by atoms with E-state index >= 15 is 0 Å². The highest BCUT2D eigenvalue weighted by Crippen LogP contribution is 2.32. The summed E-state index contributed by atoms with van der Waals surface area (Å²) in [5, 5.41) is 6.75. The van der Waals surface area contributed by atoms with Crippen molar-refractivity contribution in [2.75, 3.05) is 26.9 Å². The van der Waals surface area contributed by atoms with Gasteiger partial charge in [-0.05, 0) is 35.6 Å². The van der Waals surface area contributed by atoms with Crippen LogP contribution < -0.4 is 20.1 Å². The summed E-state index contributed by atoms with van der Waals surface area (Å²) in [5.41, 5.74) is 2.54. The standard InChI is InChI=1S/C20H25N3O2/c1-15(17-6-4-3-5-7-17)13-23-20(21-2)22-11-10-16-8-9-18-19(12-16)25-14-24-18/h3-9,12,15H,10-11,13-14H2,1-2H3,(H2,21,22,23). The first-order valence-electron chi connectivity index (χ1n) is 8.64. The third kappa shape index (κ3) is 4.66. The van der Waals surface area contributed by atoms with Crippen molar-refractivity contribution >= 4 is 5.96 Å². The topological polar surface area (TPSA) is 54.9 Å². The summed E-state index contributed by atoms with van der Waals surface area (Å²) in [6.45, 7) is 4.17. The fraction of sp³-hybridized carbons (Fsp3) is 0.350. The second-order valence-electron chi connectivity index (χ2n) is 6.13. The lowest BCUT2D eigenvalue weighted by Crippen LogP contribution is -2.39. The van der Waals surface area contributed by atoms with Crippen molar-refractivity contribution in [2.45, 2.75) is 19.3 Å². The predicted octanol–water partition coefficient (Wildman–Crippen LogP) is 2.93. The van der Waals surface area contributed by atoms with Crippen molar-refractivity contribution in [3.8, 4) is 11.5 Å². The van der Waals surface area contributed by atoms with Gasteiger partial charge in [-0.3, -0.25) is 4.99 Å². The number of nitrogens with one attached hydrogen (secondary N) is 2. The van der Waals surface area contributed by atoms with Gasteiger partial charge in [-0.15, -0.1) is 0 Å². The Balaban J connectivity index is 1.43. The first kappa shape index (κ1) is 17.1. The van der Waals surface area contributed by atoms with E-state index in [-0.39, 0.29) is 0 Å². The van der Waals surface area contributed by atoms with Crippen LogP contribution in [-0.2, 0) is 6.42 Å². The Hall–Kier alpha value is -2.69. The summed E-state index contributed by atoms with van der Waals surface area (Å²) < 4.78 is 10.8. The zero-order valence-corrected chi connectivity index (χ0v) is 14.8. The molecule has 1 aliphatic heterocycles. The minimum Gasteiger partial charge on any atom is -0.454 e. The molecule has 0 aromatic heterocycles. The van der Waals surface area contributed by atoms with Gasteiger partial charge in [0.15, 0.2) is 17.5 Å². The SMILES string of the molecule is CN=C(NCCc1ccc2c(c1)OCO2)NCC(C)c1ccccc1. The van der Waals surface area contributed by atoms with Gasteiger partial charge < -0.3 is 20.1 Å². The summed E-state index contributed by atoms with van der Waals surface area (Å²) >= 11 is 0. The Labute approximate surface area is 149 Å². The molecule has 0 bridgehead atoms. The van der Waals surface area contributed by atoms with Crippen LogP contribution in [0.15, 0.2) is 53.5 Å². The zero-order valence-electron chi connectivity index (χ0n) is 14.8. The lowest BCUT2D eigenvalue weighted by atomic mass is 10.0. The first-order valence-corrected chi connectivity index (χ1v) is 8.64. The van der Waals surface area contributed by atoms with E-state index < -0.39 is 0 Å². The van der Waals surface area contributed by atoms with E-state index in [4.69, 9.17) is 9.47 Å². The number of guanidine groups is 1. The maximum absolute atomic E-state index is 5.42. The van der Waals surface area contributed by atoms with Gasteiger partial charge in [0, 0.05) is 20.1 Å². The average molecular weight is 339 g/mol. The third-order valence-electron chi connectivity index (χ3n) is 4.31. The highest BCUT2D eigenvalue weighted by atomic mass is 16.7. The molecule has 1 unspecified atom stereocenters. The minimum absolute atomic E-state index is 0.313. The molecule has 25 heavy (non-hydrogen) atoms. The van der Waals surface area contributed by atoms with Crippen molar-refractivity contribution in [1.29, 1.82) is 0 Å². The fourth-order valence-electron chi connectivity index (χ4n) is 2.79. The van der Waals surface area contributed by atoms with Crippen LogP contribution in [0.3, 0.4) is 0 Å². The van der Waals surface area contributed by atoms with Crippen molar-refractivity contribution in [1.82, 2.24) is 10.6 Å². The lowest BCUT2D eigenvalue weighted by molar-refractivity contribution is 0.174. The number of hydrogen-bond donors (Lipinski definition) is 2. The molecule has 0 radical (unpaired) electrons. The molecule has 2 aromatic rings. The molecule has 0 saturated carbocycles. The zero-order chi connectivity index (χ0) is 17.5. The van der Waals surface area contributed by atoms with Gasteiger partial charge >= 0.3 is 0 Å². The molecule has 0 saturated heterocycles. The maximum atomic E-state index is 5.42. The Kier molecular flexibility index (Phi) is 5.77. The first-order chi connectivity index (χ1) is 12.3. The van der Waals surface area contributed by atoms with Gasteiger partial charge in [-0.1, -0.05) is 43.3 Å². The Morgan fingerprint density at radius 2 is 1.88 bits per heavy atom. The summed E-state index contributed by atoms with van der Waals surface area (Å²) in [4.78, 5) is 4.29. The maximum Gasteiger partial charge on any atom is 0.231 e. The molecular formula is C20H25N3O2. The number of aliphatic imine (C=N–C) groups is 1. The molecule has 2 aromatic carbocycles. The van der Waals surface area contributed by atoms with Gasteiger partial charge in [-0.25, -0.2) is 0 Å². The number of rotatable bonds is 6. The number of hydrogen-bond acceptors (Lipinski definition) is 3. The van der Waals surface area contributed by atoms with Crippen LogP contribution in [0.1, 0.15) is 24.0 Å². The van der Waals surface area contributed by atoms with Gasteiger partial charge in [0.1, 0.15) is 0 Å². The van der Waals surface area contributed by atoms with Gasteiger partial charge in [-0.2, -0.15) is 0 Å². The van der Waals surface area contributed by atoms with Crippen molar-refractivity contribution in [2.24, 2.45) is 4.99 Å². The quantitative estimate of drug-likeness (QED) is 0.628. The second-order valence-corrected chi connectivity index (χ2v) is 6.13. The molecule has 1 atom stereocenters. The molecule has 3 rings (SSSR count). The van der Waals surface area contributed by atoms with Gasteiger partial charge in [0.05, 0.1) is 0 Å². The largest absolute Gasteiger partial charge is 0.454 e. The van der Waals surface area contributed by atoms with E-state index in [0.29, 0.717) is 12.7 Å². The van der Waals surface area contributed by atoms with Crippen LogP contribution in [0, 0.1) is 0 Å². The van der Waals surface area contributed by atoms with Gasteiger partial charge in [0.25, 0.3) is 0 Å². The second kappa shape index (κ2) is 8.42. The number of fused-ring (bicyclic) bond motifs is 1.